The SMILES string of the molecule is CCCNCc1c(-n2nc(C)nc2C)nc2ccccn12. The van der Waals surface area contributed by atoms with Gasteiger partial charge in [0.2, 0.25) is 0 Å². The molecule has 0 aliphatic carbocycles. The highest BCUT2D eigenvalue weighted by molar-refractivity contribution is 5.48. The Labute approximate surface area is 123 Å². The fraction of sp³-hybridized carbons (Fsp3) is 0.400. The molecule has 0 unspecified atom stereocenters. The molecule has 0 spiro atoms. The first-order valence-corrected chi connectivity index (χ1v) is 7.28. The van der Waals surface area contributed by atoms with Crippen molar-refractivity contribution >= 4 is 5.65 Å². The average Bonchev–Trinajstić information content (AvgIpc) is 2.99. The second-order valence-electron chi connectivity index (χ2n) is 5.11. The van der Waals surface area contributed by atoms with Crippen LogP contribution in [0.15, 0.2) is 24.4 Å². The van der Waals surface area contributed by atoms with Crippen LogP contribution in [0.5, 0.6) is 0 Å². The molecule has 0 atom stereocenters. The summed E-state index contributed by atoms with van der Waals surface area (Å²) in [5, 5.41) is 7.91. The van der Waals surface area contributed by atoms with E-state index in [1.54, 1.807) is 0 Å². The number of hydrogen-bond donors (Lipinski definition) is 1. The minimum atomic E-state index is 0.757. The Morgan fingerprint density at radius 2 is 2.05 bits per heavy atom. The molecule has 0 amide bonds. The second-order valence-corrected chi connectivity index (χ2v) is 5.11. The number of aryl methyl sites for hydroxylation is 2. The Morgan fingerprint density at radius 1 is 1.19 bits per heavy atom. The van der Waals surface area contributed by atoms with E-state index in [2.05, 4.69) is 26.7 Å². The van der Waals surface area contributed by atoms with Crippen LogP contribution >= 0.6 is 0 Å². The van der Waals surface area contributed by atoms with Crippen LogP contribution in [-0.4, -0.2) is 30.7 Å². The van der Waals surface area contributed by atoms with Crippen LogP contribution in [0.1, 0.15) is 30.7 Å². The maximum atomic E-state index is 4.72. The zero-order chi connectivity index (χ0) is 14.8. The van der Waals surface area contributed by atoms with Crippen LogP contribution < -0.4 is 5.32 Å². The number of hydrogen-bond acceptors (Lipinski definition) is 4. The molecular formula is C15H20N6. The monoisotopic (exact) mass is 284 g/mol. The van der Waals surface area contributed by atoms with Crippen molar-refractivity contribution in [3.8, 4) is 5.82 Å². The van der Waals surface area contributed by atoms with Crippen LogP contribution in [0.25, 0.3) is 11.5 Å². The molecule has 0 radical (unpaired) electrons. The maximum Gasteiger partial charge on any atom is 0.179 e. The molecule has 21 heavy (non-hydrogen) atoms. The van der Waals surface area contributed by atoms with Crippen LogP contribution in [0.4, 0.5) is 0 Å². The van der Waals surface area contributed by atoms with Crippen molar-refractivity contribution in [3.05, 3.63) is 41.7 Å². The first-order chi connectivity index (χ1) is 10.2. The minimum absolute atomic E-state index is 0.757. The molecule has 0 saturated carbocycles. The van der Waals surface area contributed by atoms with Gasteiger partial charge in [0.1, 0.15) is 17.3 Å². The minimum Gasteiger partial charge on any atom is -0.311 e. The van der Waals surface area contributed by atoms with Gasteiger partial charge in [-0.3, -0.25) is 0 Å². The molecule has 1 N–H and O–H groups in total. The summed E-state index contributed by atoms with van der Waals surface area (Å²) >= 11 is 0. The summed E-state index contributed by atoms with van der Waals surface area (Å²) in [6.07, 6.45) is 3.14. The topological polar surface area (TPSA) is 60.0 Å². The van der Waals surface area contributed by atoms with E-state index in [9.17, 15) is 0 Å². The van der Waals surface area contributed by atoms with Crippen LogP contribution in [-0.2, 0) is 6.54 Å². The third kappa shape index (κ3) is 2.54. The van der Waals surface area contributed by atoms with Gasteiger partial charge in [-0.05, 0) is 38.9 Å². The summed E-state index contributed by atoms with van der Waals surface area (Å²) in [6.45, 7) is 7.75. The van der Waals surface area contributed by atoms with Crippen LogP contribution in [0, 0.1) is 13.8 Å². The normalized spacial score (nSPS) is 11.4. The molecule has 3 aromatic rings. The van der Waals surface area contributed by atoms with Crippen LogP contribution in [0.3, 0.4) is 0 Å². The molecule has 0 aromatic carbocycles. The highest BCUT2D eigenvalue weighted by Crippen LogP contribution is 2.17. The average molecular weight is 284 g/mol. The molecule has 3 aromatic heterocycles. The Hall–Kier alpha value is -2.21. The van der Waals surface area contributed by atoms with Crippen molar-refractivity contribution in [2.75, 3.05) is 6.54 Å². The summed E-state index contributed by atoms with van der Waals surface area (Å²) in [6, 6.07) is 6.02. The third-order valence-corrected chi connectivity index (χ3v) is 3.40. The molecule has 6 heteroatoms. The smallest absolute Gasteiger partial charge is 0.179 e. The standard InChI is InChI=1S/C15H20N6/c1-4-8-16-10-13-15(21-12(3)17-11(2)19-21)18-14-7-5-6-9-20(13)14/h5-7,9,16H,4,8,10H2,1-3H3. The van der Waals surface area contributed by atoms with Crippen LogP contribution in [0.2, 0.25) is 0 Å². The lowest BCUT2D eigenvalue weighted by Gasteiger charge is -2.06. The van der Waals surface area contributed by atoms with E-state index in [1.165, 1.54) is 0 Å². The number of aromatic nitrogens is 5. The van der Waals surface area contributed by atoms with E-state index in [4.69, 9.17) is 4.98 Å². The van der Waals surface area contributed by atoms with Gasteiger partial charge in [-0.2, -0.15) is 4.68 Å². The van der Waals surface area contributed by atoms with Crippen molar-refractivity contribution in [2.24, 2.45) is 0 Å². The summed E-state index contributed by atoms with van der Waals surface area (Å²) < 4.78 is 3.93. The Kier molecular flexibility index (Phi) is 3.70. The second kappa shape index (κ2) is 5.65. The third-order valence-electron chi connectivity index (χ3n) is 3.40. The lowest BCUT2D eigenvalue weighted by atomic mass is 10.3. The Balaban J connectivity index is 2.12. The quantitative estimate of drug-likeness (QED) is 0.728. The number of pyridine rings is 1. The first-order valence-electron chi connectivity index (χ1n) is 7.28. The molecule has 3 rings (SSSR count). The van der Waals surface area contributed by atoms with Gasteiger partial charge in [-0.1, -0.05) is 13.0 Å². The highest BCUT2D eigenvalue weighted by atomic mass is 15.4. The van der Waals surface area contributed by atoms with Gasteiger partial charge in [0.15, 0.2) is 5.82 Å². The molecule has 0 aliphatic rings. The van der Waals surface area contributed by atoms with E-state index in [1.807, 2.05) is 42.9 Å². The Bertz CT molecular complexity index is 755. The van der Waals surface area contributed by atoms with Crippen molar-refractivity contribution in [2.45, 2.75) is 33.7 Å². The molecule has 6 nitrogen and oxygen atoms in total. The van der Waals surface area contributed by atoms with E-state index >= 15 is 0 Å². The van der Waals surface area contributed by atoms with Gasteiger partial charge in [0.25, 0.3) is 0 Å². The molecule has 110 valence electrons. The van der Waals surface area contributed by atoms with E-state index in [-0.39, 0.29) is 0 Å². The van der Waals surface area contributed by atoms with E-state index in [0.29, 0.717) is 0 Å². The number of rotatable bonds is 5. The van der Waals surface area contributed by atoms with Gasteiger partial charge in [-0.25, -0.2) is 9.97 Å². The Morgan fingerprint density at radius 3 is 2.76 bits per heavy atom. The summed E-state index contributed by atoms with van der Waals surface area (Å²) in [5.41, 5.74) is 2.03. The number of nitrogens with one attached hydrogen (secondary N) is 1. The molecule has 3 heterocycles. The number of nitrogens with zero attached hydrogens (tertiary/aromatic N) is 5. The van der Waals surface area contributed by atoms with E-state index < -0.39 is 0 Å². The zero-order valence-electron chi connectivity index (χ0n) is 12.7. The number of fused-ring (bicyclic) bond motifs is 1. The van der Waals surface area contributed by atoms with Crippen molar-refractivity contribution in [1.82, 2.24) is 29.5 Å². The van der Waals surface area contributed by atoms with Gasteiger partial charge >= 0.3 is 0 Å². The van der Waals surface area contributed by atoms with E-state index in [0.717, 1.165) is 48.3 Å². The van der Waals surface area contributed by atoms with Gasteiger partial charge in [0.05, 0.1) is 5.69 Å². The van der Waals surface area contributed by atoms with Crippen molar-refractivity contribution in [3.63, 3.8) is 0 Å². The predicted molar refractivity (Wildman–Crippen MR) is 81.6 cm³/mol. The molecular weight excluding hydrogens is 264 g/mol. The fourth-order valence-corrected chi connectivity index (χ4v) is 2.47. The molecule has 0 saturated heterocycles. The summed E-state index contributed by atoms with van der Waals surface area (Å²) in [4.78, 5) is 9.10. The number of imidazole rings is 1. The molecule has 0 bridgehead atoms. The van der Waals surface area contributed by atoms with Gasteiger partial charge in [0, 0.05) is 12.7 Å². The summed E-state index contributed by atoms with van der Waals surface area (Å²) in [5.74, 6) is 2.47. The van der Waals surface area contributed by atoms with Crippen molar-refractivity contribution < 1.29 is 0 Å². The molecule has 0 aliphatic heterocycles. The van der Waals surface area contributed by atoms with Crippen molar-refractivity contribution in [1.29, 1.82) is 0 Å². The highest BCUT2D eigenvalue weighted by Gasteiger charge is 2.16. The fourth-order valence-electron chi connectivity index (χ4n) is 2.47. The maximum absolute atomic E-state index is 4.72. The summed E-state index contributed by atoms with van der Waals surface area (Å²) in [7, 11) is 0. The first kappa shape index (κ1) is 13.8. The lowest BCUT2D eigenvalue weighted by Crippen LogP contribution is -2.17. The van der Waals surface area contributed by atoms with Gasteiger partial charge in [-0.15, -0.1) is 5.10 Å². The predicted octanol–water partition coefficient (Wildman–Crippen LogP) is 2.03. The lowest BCUT2D eigenvalue weighted by molar-refractivity contribution is 0.653. The van der Waals surface area contributed by atoms with Gasteiger partial charge < -0.3 is 9.72 Å². The molecule has 0 fully saturated rings. The zero-order valence-corrected chi connectivity index (χ0v) is 12.7. The largest absolute Gasteiger partial charge is 0.311 e.